The smallest absolute Gasteiger partial charge is 0.263 e. The largest absolute Gasteiger partial charge is 0.508 e. The third-order valence-electron chi connectivity index (χ3n) is 2.10. The number of aliphatic hydroxyl groups excluding tert-OH is 1. The number of hydrogen-bond donors (Lipinski definition) is 3. The molecule has 15 heavy (non-hydrogen) atoms. The number of halogens is 2. The molecular weight excluding hydrogens is 204 g/mol. The van der Waals surface area contributed by atoms with E-state index in [0.29, 0.717) is 0 Å². The van der Waals surface area contributed by atoms with E-state index in [9.17, 15) is 19.0 Å². The summed E-state index contributed by atoms with van der Waals surface area (Å²) in [5.41, 5.74) is 5.10. The Morgan fingerprint density at radius 3 is 2.53 bits per heavy atom. The zero-order valence-corrected chi connectivity index (χ0v) is 8.03. The van der Waals surface area contributed by atoms with Crippen molar-refractivity contribution in [2.24, 2.45) is 5.73 Å². The van der Waals surface area contributed by atoms with Crippen LogP contribution in [0.5, 0.6) is 5.75 Å². The van der Waals surface area contributed by atoms with Crippen LogP contribution in [0.25, 0.3) is 0 Å². The SMILES string of the molecule is NCCC(O)c1cc(C(F)F)ccc1O. The lowest BCUT2D eigenvalue weighted by Crippen LogP contribution is -2.07. The molecule has 3 nitrogen and oxygen atoms in total. The second kappa shape index (κ2) is 5.04. The first-order valence-electron chi connectivity index (χ1n) is 4.55. The van der Waals surface area contributed by atoms with Crippen molar-refractivity contribution in [1.82, 2.24) is 0 Å². The summed E-state index contributed by atoms with van der Waals surface area (Å²) >= 11 is 0. The van der Waals surface area contributed by atoms with Crippen molar-refractivity contribution in [1.29, 1.82) is 0 Å². The molecule has 0 aliphatic heterocycles. The minimum Gasteiger partial charge on any atom is -0.508 e. The van der Waals surface area contributed by atoms with E-state index < -0.39 is 12.5 Å². The van der Waals surface area contributed by atoms with Crippen LogP contribution in [0.15, 0.2) is 18.2 Å². The first-order chi connectivity index (χ1) is 7.06. The Bertz CT molecular complexity index is 331. The van der Waals surface area contributed by atoms with Crippen molar-refractivity contribution in [2.45, 2.75) is 19.0 Å². The maximum atomic E-state index is 12.3. The molecule has 0 aliphatic rings. The van der Waals surface area contributed by atoms with Gasteiger partial charge in [0.15, 0.2) is 0 Å². The summed E-state index contributed by atoms with van der Waals surface area (Å²) < 4.78 is 24.7. The molecule has 1 aromatic carbocycles. The van der Waals surface area contributed by atoms with Crippen LogP contribution in [0.4, 0.5) is 8.78 Å². The number of benzene rings is 1. The van der Waals surface area contributed by atoms with Gasteiger partial charge in [0.05, 0.1) is 6.10 Å². The minimum absolute atomic E-state index is 0.0956. The molecule has 1 aromatic rings. The van der Waals surface area contributed by atoms with Crippen LogP contribution in [0.2, 0.25) is 0 Å². The Balaban J connectivity index is 2.99. The fourth-order valence-corrected chi connectivity index (χ4v) is 1.29. The van der Waals surface area contributed by atoms with E-state index in [1.807, 2.05) is 0 Å². The first-order valence-corrected chi connectivity index (χ1v) is 4.55. The van der Waals surface area contributed by atoms with Crippen molar-refractivity contribution in [3.8, 4) is 5.75 Å². The Morgan fingerprint density at radius 1 is 1.33 bits per heavy atom. The number of phenols is 1. The molecule has 4 N–H and O–H groups in total. The van der Waals surface area contributed by atoms with Crippen LogP contribution >= 0.6 is 0 Å². The van der Waals surface area contributed by atoms with Gasteiger partial charge in [-0.2, -0.15) is 0 Å². The van der Waals surface area contributed by atoms with E-state index in [1.54, 1.807) is 0 Å². The van der Waals surface area contributed by atoms with Crippen LogP contribution in [0, 0.1) is 0 Å². The van der Waals surface area contributed by atoms with E-state index in [4.69, 9.17) is 5.73 Å². The molecule has 0 spiro atoms. The molecule has 1 unspecified atom stereocenters. The lowest BCUT2D eigenvalue weighted by atomic mass is 10.0. The molecule has 84 valence electrons. The molecule has 0 saturated heterocycles. The number of nitrogens with two attached hydrogens (primary N) is 1. The third kappa shape index (κ3) is 2.87. The monoisotopic (exact) mass is 217 g/mol. The quantitative estimate of drug-likeness (QED) is 0.719. The van der Waals surface area contributed by atoms with Crippen LogP contribution in [0.1, 0.15) is 30.1 Å². The van der Waals surface area contributed by atoms with Gasteiger partial charge in [0.2, 0.25) is 0 Å². The van der Waals surface area contributed by atoms with Crippen molar-refractivity contribution >= 4 is 0 Å². The van der Waals surface area contributed by atoms with Gasteiger partial charge in [-0.1, -0.05) is 0 Å². The number of aromatic hydroxyl groups is 1. The van der Waals surface area contributed by atoms with Gasteiger partial charge in [-0.25, -0.2) is 8.78 Å². The maximum absolute atomic E-state index is 12.3. The second-order valence-corrected chi connectivity index (χ2v) is 3.21. The maximum Gasteiger partial charge on any atom is 0.263 e. The summed E-state index contributed by atoms with van der Waals surface area (Å²) in [6.45, 7) is 0.222. The van der Waals surface area contributed by atoms with Crippen LogP contribution in [-0.4, -0.2) is 16.8 Å². The fourth-order valence-electron chi connectivity index (χ4n) is 1.29. The zero-order chi connectivity index (χ0) is 11.4. The molecule has 0 fully saturated rings. The Hall–Kier alpha value is -1.20. The summed E-state index contributed by atoms with van der Waals surface area (Å²) in [5.74, 6) is -0.194. The van der Waals surface area contributed by atoms with Gasteiger partial charge in [-0.05, 0) is 31.2 Å². The van der Waals surface area contributed by atoms with Crippen molar-refractivity contribution in [2.75, 3.05) is 6.54 Å². The molecule has 0 heterocycles. The number of rotatable bonds is 4. The molecule has 0 saturated carbocycles. The summed E-state index contributed by atoms with van der Waals surface area (Å²) in [6.07, 6.45) is -3.40. The zero-order valence-electron chi connectivity index (χ0n) is 8.03. The lowest BCUT2D eigenvalue weighted by Gasteiger charge is -2.12. The first kappa shape index (κ1) is 11.9. The van der Waals surface area contributed by atoms with E-state index >= 15 is 0 Å². The topological polar surface area (TPSA) is 66.5 Å². The van der Waals surface area contributed by atoms with E-state index in [0.717, 1.165) is 18.2 Å². The highest BCUT2D eigenvalue weighted by atomic mass is 19.3. The number of phenolic OH excluding ortho intramolecular Hbond substituents is 1. The standard InChI is InChI=1S/C10H13F2NO2/c11-10(12)6-1-2-8(14)7(5-6)9(15)3-4-13/h1-2,5,9-10,14-15H,3-4,13H2. The summed E-state index contributed by atoms with van der Waals surface area (Å²) in [7, 11) is 0. The van der Waals surface area contributed by atoms with Crippen molar-refractivity contribution < 1.29 is 19.0 Å². The Kier molecular flexibility index (Phi) is 3.99. The Morgan fingerprint density at radius 2 is 2.00 bits per heavy atom. The highest BCUT2D eigenvalue weighted by Crippen LogP contribution is 2.30. The predicted octanol–water partition coefficient (Wildman–Crippen LogP) is 1.71. The van der Waals surface area contributed by atoms with Crippen LogP contribution in [0.3, 0.4) is 0 Å². The molecule has 0 aromatic heterocycles. The average molecular weight is 217 g/mol. The molecule has 0 radical (unpaired) electrons. The molecule has 0 aliphatic carbocycles. The van der Waals surface area contributed by atoms with E-state index in [1.165, 1.54) is 0 Å². The lowest BCUT2D eigenvalue weighted by molar-refractivity contribution is 0.148. The van der Waals surface area contributed by atoms with E-state index in [-0.39, 0.29) is 29.8 Å². The number of alkyl halides is 2. The molecule has 5 heteroatoms. The van der Waals surface area contributed by atoms with Gasteiger partial charge < -0.3 is 15.9 Å². The summed E-state index contributed by atoms with van der Waals surface area (Å²) in [6, 6.07) is 3.37. The summed E-state index contributed by atoms with van der Waals surface area (Å²) in [5, 5.41) is 18.9. The third-order valence-corrected chi connectivity index (χ3v) is 2.10. The van der Waals surface area contributed by atoms with Crippen LogP contribution in [-0.2, 0) is 0 Å². The van der Waals surface area contributed by atoms with Crippen molar-refractivity contribution in [3.63, 3.8) is 0 Å². The Labute approximate surface area is 86.2 Å². The van der Waals surface area contributed by atoms with Crippen molar-refractivity contribution in [3.05, 3.63) is 29.3 Å². The highest BCUT2D eigenvalue weighted by Gasteiger charge is 2.15. The molecule has 0 bridgehead atoms. The van der Waals surface area contributed by atoms with Gasteiger partial charge in [0, 0.05) is 11.1 Å². The molecule has 1 atom stereocenters. The average Bonchev–Trinajstić information content (AvgIpc) is 2.18. The molecule has 0 amide bonds. The van der Waals surface area contributed by atoms with Gasteiger partial charge in [0.25, 0.3) is 6.43 Å². The van der Waals surface area contributed by atoms with Gasteiger partial charge in [-0.3, -0.25) is 0 Å². The normalized spacial score (nSPS) is 13.1. The highest BCUT2D eigenvalue weighted by molar-refractivity contribution is 5.38. The number of aliphatic hydroxyl groups is 1. The van der Waals surface area contributed by atoms with E-state index in [2.05, 4.69) is 0 Å². The van der Waals surface area contributed by atoms with Crippen LogP contribution < -0.4 is 5.73 Å². The summed E-state index contributed by atoms with van der Waals surface area (Å²) in [4.78, 5) is 0. The second-order valence-electron chi connectivity index (χ2n) is 3.21. The molecular formula is C10H13F2NO2. The van der Waals surface area contributed by atoms with Gasteiger partial charge in [-0.15, -0.1) is 0 Å². The van der Waals surface area contributed by atoms with Gasteiger partial charge in [0.1, 0.15) is 5.75 Å². The number of hydrogen-bond acceptors (Lipinski definition) is 3. The van der Waals surface area contributed by atoms with Gasteiger partial charge >= 0.3 is 0 Å². The molecule has 1 rings (SSSR count). The minimum atomic E-state index is -2.62. The fraction of sp³-hybridized carbons (Fsp3) is 0.400. The predicted molar refractivity (Wildman–Crippen MR) is 51.7 cm³/mol.